The van der Waals surface area contributed by atoms with Crippen molar-refractivity contribution in [1.29, 1.82) is 0 Å². The van der Waals surface area contributed by atoms with E-state index in [1.54, 1.807) is 0 Å². The molecule has 0 amide bonds. The highest BCUT2D eigenvalue weighted by molar-refractivity contribution is 6.28. The second-order valence-corrected chi connectivity index (χ2v) is 8.52. The molecule has 3 fully saturated rings. The van der Waals surface area contributed by atoms with Crippen molar-refractivity contribution in [2.75, 3.05) is 5.32 Å². The summed E-state index contributed by atoms with van der Waals surface area (Å²) in [5.41, 5.74) is 1.68. The number of rotatable bonds is 4. The first-order valence-electron chi connectivity index (χ1n) is 10.1. The lowest BCUT2D eigenvalue weighted by atomic mass is 9.61. The van der Waals surface area contributed by atoms with Gasteiger partial charge in [-0.2, -0.15) is 0 Å². The summed E-state index contributed by atoms with van der Waals surface area (Å²) in [6.07, 6.45) is 4.16. The summed E-state index contributed by atoms with van der Waals surface area (Å²) in [5.74, 6) is 0.107. The molecule has 3 aromatic rings. The fourth-order valence-electron chi connectivity index (χ4n) is 5.17. The van der Waals surface area contributed by atoms with E-state index in [4.69, 9.17) is 11.6 Å². The van der Waals surface area contributed by atoms with Gasteiger partial charge in [0.15, 0.2) is 0 Å². The lowest BCUT2D eigenvalue weighted by molar-refractivity contribution is -0.148. The van der Waals surface area contributed by atoms with Gasteiger partial charge in [-0.15, -0.1) is 0 Å². The maximum Gasteiger partial charge on any atom is 0.308 e. The molecule has 3 aliphatic carbocycles. The Hall–Kier alpha value is -2.66. The van der Waals surface area contributed by atoms with E-state index >= 15 is 0 Å². The van der Waals surface area contributed by atoms with Crippen molar-refractivity contribution >= 4 is 34.2 Å². The molecule has 3 saturated carbocycles. The monoisotopic (exact) mass is 407 g/mol. The number of hydrogen-bond acceptors (Lipinski definition) is 4. The second kappa shape index (κ2) is 7.30. The van der Waals surface area contributed by atoms with Crippen LogP contribution in [-0.4, -0.2) is 27.1 Å². The van der Waals surface area contributed by atoms with Crippen molar-refractivity contribution in [3.63, 3.8) is 0 Å². The SMILES string of the molecule is O=C(O)C1C2CCC(CC2)C1Nc1cc(-c2ccc3ccccc3c2)nc(Cl)n1. The van der Waals surface area contributed by atoms with Crippen LogP contribution < -0.4 is 5.32 Å². The molecule has 6 rings (SSSR count). The molecule has 0 saturated heterocycles. The molecule has 29 heavy (non-hydrogen) atoms. The minimum Gasteiger partial charge on any atom is -0.481 e. The molecule has 1 aromatic heterocycles. The van der Waals surface area contributed by atoms with Crippen molar-refractivity contribution in [3.8, 4) is 11.3 Å². The van der Waals surface area contributed by atoms with Gasteiger partial charge in [-0.3, -0.25) is 4.79 Å². The Balaban J connectivity index is 1.48. The number of aliphatic carboxylic acids is 1. The fraction of sp³-hybridized carbons (Fsp3) is 0.348. The number of carboxylic acids is 1. The van der Waals surface area contributed by atoms with E-state index in [1.807, 2.05) is 24.3 Å². The summed E-state index contributed by atoms with van der Waals surface area (Å²) in [6.45, 7) is 0. The molecule has 0 spiro atoms. The van der Waals surface area contributed by atoms with Crippen LogP contribution in [0.15, 0.2) is 48.5 Å². The third-order valence-electron chi connectivity index (χ3n) is 6.56. The summed E-state index contributed by atoms with van der Waals surface area (Å²) < 4.78 is 0. The van der Waals surface area contributed by atoms with Gasteiger partial charge in [0.05, 0.1) is 11.6 Å². The van der Waals surface area contributed by atoms with E-state index in [0.717, 1.165) is 47.7 Å². The third kappa shape index (κ3) is 3.44. The summed E-state index contributed by atoms with van der Waals surface area (Å²) in [5, 5.41) is 15.7. The molecule has 2 N–H and O–H groups in total. The zero-order valence-corrected chi connectivity index (χ0v) is 16.6. The average molecular weight is 408 g/mol. The first-order chi connectivity index (χ1) is 14.1. The number of nitrogens with zero attached hydrogens (tertiary/aromatic N) is 2. The molecular formula is C23H22ClN3O2. The molecule has 2 unspecified atom stereocenters. The lowest BCUT2D eigenvalue weighted by Crippen LogP contribution is -2.51. The van der Waals surface area contributed by atoms with Gasteiger partial charge in [-0.1, -0.05) is 36.4 Å². The number of fused-ring (bicyclic) bond motifs is 4. The van der Waals surface area contributed by atoms with Crippen LogP contribution in [0.2, 0.25) is 5.28 Å². The molecule has 2 atom stereocenters. The zero-order valence-electron chi connectivity index (χ0n) is 15.9. The Morgan fingerprint density at radius 1 is 0.966 bits per heavy atom. The Labute approximate surface area is 174 Å². The molecule has 3 aliphatic rings. The van der Waals surface area contributed by atoms with Crippen molar-refractivity contribution in [2.24, 2.45) is 17.8 Å². The minimum absolute atomic E-state index is 0.115. The number of aromatic nitrogens is 2. The lowest BCUT2D eigenvalue weighted by Gasteiger charge is -2.47. The Morgan fingerprint density at radius 2 is 1.69 bits per heavy atom. The van der Waals surface area contributed by atoms with Crippen LogP contribution >= 0.6 is 11.6 Å². The molecule has 1 heterocycles. The molecule has 0 aliphatic heterocycles. The number of hydrogen-bond donors (Lipinski definition) is 2. The van der Waals surface area contributed by atoms with Crippen LogP contribution in [0.5, 0.6) is 0 Å². The van der Waals surface area contributed by atoms with Crippen molar-refractivity contribution < 1.29 is 9.90 Å². The predicted octanol–water partition coefficient (Wildman–Crippen LogP) is 5.25. The number of carboxylic acid groups (broad SMARTS) is 1. The van der Waals surface area contributed by atoms with Gasteiger partial charge in [0, 0.05) is 17.7 Å². The summed E-state index contributed by atoms with van der Waals surface area (Å²) in [6, 6.07) is 16.1. The minimum atomic E-state index is -0.716. The van der Waals surface area contributed by atoms with Crippen LogP contribution in [0.25, 0.3) is 22.0 Å². The summed E-state index contributed by atoms with van der Waals surface area (Å²) >= 11 is 6.24. The number of anilines is 1. The molecule has 2 aromatic carbocycles. The average Bonchev–Trinajstić information content (AvgIpc) is 2.73. The van der Waals surface area contributed by atoms with Gasteiger partial charge in [0.2, 0.25) is 5.28 Å². The van der Waals surface area contributed by atoms with Gasteiger partial charge < -0.3 is 10.4 Å². The van der Waals surface area contributed by atoms with E-state index in [9.17, 15) is 9.90 Å². The van der Waals surface area contributed by atoms with Gasteiger partial charge in [-0.25, -0.2) is 9.97 Å². The maximum absolute atomic E-state index is 11.9. The highest BCUT2D eigenvalue weighted by Gasteiger charge is 2.47. The predicted molar refractivity (Wildman–Crippen MR) is 114 cm³/mol. The van der Waals surface area contributed by atoms with Crippen LogP contribution in [0.1, 0.15) is 25.7 Å². The molecule has 2 bridgehead atoms. The first-order valence-corrected chi connectivity index (χ1v) is 10.5. The van der Waals surface area contributed by atoms with Crippen LogP contribution in [0.4, 0.5) is 5.82 Å². The highest BCUT2D eigenvalue weighted by atomic mass is 35.5. The van der Waals surface area contributed by atoms with Gasteiger partial charge in [-0.05, 0) is 66.0 Å². The number of benzene rings is 2. The molecule has 0 radical (unpaired) electrons. The van der Waals surface area contributed by atoms with Crippen molar-refractivity contribution in [1.82, 2.24) is 9.97 Å². The molecule has 148 valence electrons. The fourth-order valence-corrected chi connectivity index (χ4v) is 5.35. The molecule has 6 heteroatoms. The summed E-state index contributed by atoms with van der Waals surface area (Å²) in [7, 11) is 0. The maximum atomic E-state index is 11.9. The normalized spacial score (nSPS) is 25.8. The highest BCUT2D eigenvalue weighted by Crippen LogP contribution is 2.46. The Bertz CT molecular complexity index is 1080. The smallest absolute Gasteiger partial charge is 0.308 e. The van der Waals surface area contributed by atoms with Crippen LogP contribution in [0, 0.1) is 17.8 Å². The van der Waals surface area contributed by atoms with Crippen molar-refractivity contribution in [2.45, 2.75) is 31.7 Å². The van der Waals surface area contributed by atoms with Crippen LogP contribution in [0.3, 0.4) is 0 Å². The quantitative estimate of drug-likeness (QED) is 0.577. The topological polar surface area (TPSA) is 75.1 Å². The number of nitrogens with one attached hydrogen (secondary N) is 1. The standard InChI is InChI=1S/C23H22ClN3O2/c24-23-25-18(17-10-5-13-3-1-2-4-16(13)11-17)12-19(27-23)26-21-15-8-6-14(7-9-15)20(21)22(28)29/h1-5,10-12,14-15,20-21H,6-9H2,(H,28,29)(H,25,26,27). The number of carbonyl (C=O) groups is 1. The third-order valence-corrected chi connectivity index (χ3v) is 6.73. The number of halogens is 1. The largest absolute Gasteiger partial charge is 0.481 e. The molecule has 5 nitrogen and oxygen atoms in total. The Kier molecular flexibility index (Phi) is 4.63. The van der Waals surface area contributed by atoms with Crippen molar-refractivity contribution in [3.05, 3.63) is 53.8 Å². The summed E-state index contributed by atoms with van der Waals surface area (Å²) in [4.78, 5) is 20.7. The zero-order chi connectivity index (χ0) is 20.0. The van der Waals surface area contributed by atoms with Gasteiger partial charge in [0.25, 0.3) is 0 Å². The first kappa shape index (κ1) is 18.4. The molecular weight excluding hydrogens is 386 g/mol. The van der Waals surface area contributed by atoms with Crippen LogP contribution in [-0.2, 0) is 4.79 Å². The van der Waals surface area contributed by atoms with Gasteiger partial charge in [0.1, 0.15) is 5.82 Å². The Morgan fingerprint density at radius 3 is 2.45 bits per heavy atom. The second-order valence-electron chi connectivity index (χ2n) is 8.18. The van der Waals surface area contributed by atoms with E-state index in [0.29, 0.717) is 11.7 Å². The van der Waals surface area contributed by atoms with E-state index in [1.165, 1.54) is 0 Å². The van der Waals surface area contributed by atoms with E-state index < -0.39 is 5.97 Å². The van der Waals surface area contributed by atoms with E-state index in [-0.39, 0.29) is 23.2 Å². The van der Waals surface area contributed by atoms with E-state index in [2.05, 4.69) is 39.6 Å². The van der Waals surface area contributed by atoms with Gasteiger partial charge >= 0.3 is 5.97 Å².